The van der Waals surface area contributed by atoms with Gasteiger partial charge in [0, 0.05) is 5.41 Å². The van der Waals surface area contributed by atoms with Gasteiger partial charge in [-0.1, -0.05) is 120 Å². The lowest BCUT2D eigenvalue weighted by molar-refractivity contribution is 0.0539. The molecule has 0 spiro atoms. The molecule has 1 fully saturated rings. The zero-order chi connectivity index (χ0) is 21.6. The fraction of sp³-hybridized carbons (Fsp3) is 0.500. The Balaban J connectivity index is 1.85. The predicted octanol–water partition coefficient (Wildman–Crippen LogP) is 6.48. The molecule has 1 saturated carbocycles. The lowest BCUT2D eigenvalue weighted by atomic mass is 9.61. The van der Waals surface area contributed by atoms with Crippen LogP contribution in [0.3, 0.4) is 0 Å². The number of rotatable bonds is 4. The van der Waals surface area contributed by atoms with Gasteiger partial charge in [-0.25, -0.2) is 0 Å². The second-order valence-electron chi connectivity index (χ2n) is 11.3. The van der Waals surface area contributed by atoms with Gasteiger partial charge in [-0.15, -0.1) is 0 Å². The summed E-state index contributed by atoms with van der Waals surface area (Å²) in [5.41, 5.74) is 2.08. The van der Waals surface area contributed by atoms with E-state index in [1.165, 1.54) is 29.6 Å². The molecule has 0 saturated heterocycles. The van der Waals surface area contributed by atoms with Crippen molar-refractivity contribution < 1.29 is 4.43 Å². The summed E-state index contributed by atoms with van der Waals surface area (Å²) in [6, 6.07) is 22.2. The SMILES string of the molecule is CC1(C)CCC[C@@]2(C)C1=CC[C@@H]2O[Si](c1ccccc1)(c1ccccc1)C(C)(C)C. The fourth-order valence-corrected chi connectivity index (χ4v) is 11.1. The maximum atomic E-state index is 7.59. The molecular weight excluding hydrogens is 380 g/mol. The highest BCUT2D eigenvalue weighted by molar-refractivity contribution is 6.99. The lowest BCUT2D eigenvalue weighted by Crippen LogP contribution is -2.68. The molecular formula is C28H38OSi. The highest BCUT2D eigenvalue weighted by Crippen LogP contribution is 2.58. The molecule has 1 nitrogen and oxygen atoms in total. The first kappa shape index (κ1) is 21.6. The van der Waals surface area contributed by atoms with Crippen molar-refractivity contribution in [2.24, 2.45) is 10.8 Å². The number of benzene rings is 2. The zero-order valence-corrected chi connectivity index (χ0v) is 20.7. The van der Waals surface area contributed by atoms with Crippen molar-refractivity contribution >= 4 is 18.7 Å². The minimum Gasteiger partial charge on any atom is -0.403 e. The largest absolute Gasteiger partial charge is 0.403 e. The van der Waals surface area contributed by atoms with Crippen LogP contribution < -0.4 is 10.4 Å². The van der Waals surface area contributed by atoms with Crippen molar-refractivity contribution in [3.63, 3.8) is 0 Å². The van der Waals surface area contributed by atoms with Crippen molar-refractivity contribution in [3.05, 3.63) is 72.3 Å². The Bertz CT molecular complexity index is 867. The molecule has 2 aliphatic carbocycles. The van der Waals surface area contributed by atoms with Crippen LogP contribution in [0, 0.1) is 10.8 Å². The van der Waals surface area contributed by atoms with Crippen LogP contribution in [0.2, 0.25) is 5.04 Å². The molecule has 0 aliphatic heterocycles. The molecule has 0 radical (unpaired) electrons. The number of fused-ring (bicyclic) bond motifs is 1. The average molecular weight is 419 g/mol. The van der Waals surface area contributed by atoms with Gasteiger partial charge in [-0.2, -0.15) is 0 Å². The third kappa shape index (κ3) is 3.33. The van der Waals surface area contributed by atoms with Crippen LogP contribution in [0.4, 0.5) is 0 Å². The predicted molar refractivity (Wildman–Crippen MR) is 131 cm³/mol. The van der Waals surface area contributed by atoms with Gasteiger partial charge in [0.1, 0.15) is 0 Å². The van der Waals surface area contributed by atoms with E-state index in [2.05, 4.69) is 108 Å². The Morgan fingerprint density at radius 3 is 1.87 bits per heavy atom. The molecule has 0 unspecified atom stereocenters. The van der Waals surface area contributed by atoms with Gasteiger partial charge in [-0.05, 0) is 40.1 Å². The van der Waals surface area contributed by atoms with E-state index in [-0.39, 0.29) is 22.0 Å². The molecule has 2 aromatic carbocycles. The Morgan fingerprint density at radius 2 is 1.37 bits per heavy atom. The van der Waals surface area contributed by atoms with E-state index in [1.807, 2.05) is 0 Å². The summed E-state index contributed by atoms with van der Waals surface area (Å²) < 4.78 is 7.59. The maximum absolute atomic E-state index is 7.59. The highest BCUT2D eigenvalue weighted by Gasteiger charge is 2.56. The molecule has 160 valence electrons. The maximum Gasteiger partial charge on any atom is 0.261 e. The number of hydrogen-bond donors (Lipinski definition) is 0. The summed E-state index contributed by atoms with van der Waals surface area (Å²) in [6.45, 7) is 14.5. The van der Waals surface area contributed by atoms with Crippen LogP contribution >= 0.6 is 0 Å². The quantitative estimate of drug-likeness (QED) is 0.408. The van der Waals surface area contributed by atoms with Crippen molar-refractivity contribution in [1.82, 2.24) is 0 Å². The van der Waals surface area contributed by atoms with Crippen LogP contribution in [0.1, 0.15) is 67.2 Å². The monoisotopic (exact) mass is 418 g/mol. The van der Waals surface area contributed by atoms with Gasteiger partial charge in [0.05, 0.1) is 6.10 Å². The van der Waals surface area contributed by atoms with Gasteiger partial charge in [-0.3, -0.25) is 0 Å². The molecule has 2 aliphatic rings. The third-order valence-electron chi connectivity index (χ3n) is 7.82. The zero-order valence-electron chi connectivity index (χ0n) is 19.7. The summed E-state index contributed by atoms with van der Waals surface area (Å²) in [4.78, 5) is 0. The third-order valence-corrected chi connectivity index (χ3v) is 12.9. The molecule has 2 aromatic rings. The standard InChI is InChI=1S/C28H38OSi/c1-26(2,3)30(22-14-9-7-10-15-22,23-16-11-8-12-17-23)29-25-19-18-24-27(4,5)20-13-21-28(24,25)6/h7-12,14-18,25H,13,19-21H2,1-6H3/t25-,28-/m0/s1. The van der Waals surface area contributed by atoms with Crippen LogP contribution in [0.25, 0.3) is 0 Å². The van der Waals surface area contributed by atoms with Crippen LogP contribution in [-0.4, -0.2) is 14.4 Å². The Labute approximate surface area is 184 Å². The van der Waals surface area contributed by atoms with Gasteiger partial charge in [0.15, 0.2) is 0 Å². The van der Waals surface area contributed by atoms with E-state index in [1.54, 1.807) is 5.57 Å². The molecule has 2 heteroatoms. The molecule has 0 heterocycles. The summed E-state index contributed by atoms with van der Waals surface area (Å²) in [5.74, 6) is 0. The second-order valence-corrected chi connectivity index (χ2v) is 15.5. The topological polar surface area (TPSA) is 9.23 Å². The van der Waals surface area contributed by atoms with E-state index >= 15 is 0 Å². The Hall–Kier alpha value is -1.64. The van der Waals surface area contributed by atoms with Gasteiger partial charge >= 0.3 is 0 Å². The molecule has 4 rings (SSSR count). The summed E-state index contributed by atoms with van der Waals surface area (Å²) >= 11 is 0. The molecule has 0 aromatic heterocycles. The second kappa shape index (κ2) is 7.49. The first-order valence-corrected chi connectivity index (χ1v) is 13.5. The van der Waals surface area contributed by atoms with Crippen LogP contribution in [0.15, 0.2) is 72.3 Å². The minimum absolute atomic E-state index is 0.0268. The highest BCUT2D eigenvalue weighted by atomic mass is 28.4. The van der Waals surface area contributed by atoms with E-state index < -0.39 is 8.32 Å². The van der Waals surface area contributed by atoms with E-state index in [0.29, 0.717) is 0 Å². The normalized spacial score (nSPS) is 26.2. The number of hydrogen-bond acceptors (Lipinski definition) is 1. The fourth-order valence-electron chi connectivity index (χ4n) is 6.35. The molecule has 30 heavy (non-hydrogen) atoms. The van der Waals surface area contributed by atoms with Crippen molar-refractivity contribution in [2.45, 2.75) is 78.4 Å². The van der Waals surface area contributed by atoms with Crippen molar-refractivity contribution in [2.75, 3.05) is 0 Å². The van der Waals surface area contributed by atoms with E-state index in [0.717, 1.165) is 6.42 Å². The smallest absolute Gasteiger partial charge is 0.261 e. The summed E-state index contributed by atoms with van der Waals surface area (Å²) in [6.07, 6.45) is 7.65. The molecule has 0 bridgehead atoms. The minimum atomic E-state index is -2.52. The average Bonchev–Trinajstić information content (AvgIpc) is 3.03. The van der Waals surface area contributed by atoms with Crippen LogP contribution in [0.5, 0.6) is 0 Å². The van der Waals surface area contributed by atoms with Gasteiger partial charge in [0.25, 0.3) is 8.32 Å². The summed E-state index contributed by atoms with van der Waals surface area (Å²) in [5, 5.41) is 2.80. The molecule has 2 atom stereocenters. The van der Waals surface area contributed by atoms with Gasteiger partial charge < -0.3 is 4.43 Å². The summed E-state index contributed by atoms with van der Waals surface area (Å²) in [7, 11) is -2.52. The van der Waals surface area contributed by atoms with Crippen molar-refractivity contribution in [1.29, 1.82) is 0 Å². The molecule has 0 N–H and O–H groups in total. The lowest BCUT2D eigenvalue weighted by Gasteiger charge is -2.51. The molecule has 0 amide bonds. The Kier molecular flexibility index (Phi) is 5.39. The first-order chi connectivity index (χ1) is 14.1. The van der Waals surface area contributed by atoms with Gasteiger partial charge in [0.2, 0.25) is 0 Å². The van der Waals surface area contributed by atoms with E-state index in [4.69, 9.17) is 4.43 Å². The van der Waals surface area contributed by atoms with Crippen LogP contribution in [-0.2, 0) is 4.43 Å². The van der Waals surface area contributed by atoms with Crippen molar-refractivity contribution in [3.8, 4) is 0 Å². The van der Waals surface area contributed by atoms with E-state index in [9.17, 15) is 0 Å². The Morgan fingerprint density at radius 1 is 0.833 bits per heavy atom. The first-order valence-electron chi connectivity index (χ1n) is 11.6.